The van der Waals surface area contributed by atoms with Crippen LogP contribution in [0.4, 0.5) is 0 Å². The summed E-state index contributed by atoms with van der Waals surface area (Å²) in [6.07, 6.45) is 8.87. The van der Waals surface area contributed by atoms with E-state index in [0.29, 0.717) is 5.92 Å². The Balaban J connectivity index is 2.38. The van der Waals surface area contributed by atoms with Crippen molar-refractivity contribution in [1.82, 2.24) is 0 Å². The Morgan fingerprint density at radius 2 is 1.56 bits per heavy atom. The van der Waals surface area contributed by atoms with Gasteiger partial charge in [-0.05, 0) is 36.0 Å². The lowest BCUT2D eigenvalue weighted by Crippen LogP contribution is -2.25. The van der Waals surface area contributed by atoms with Gasteiger partial charge in [0.05, 0.1) is 0 Å². The highest BCUT2D eigenvalue weighted by Gasteiger charge is 2.28. The second-order valence-corrected chi connectivity index (χ2v) is 5.32. The highest BCUT2D eigenvalue weighted by atomic mass is 14.3. The van der Waals surface area contributed by atoms with E-state index in [2.05, 4.69) is 70.2 Å². The van der Waals surface area contributed by atoms with E-state index in [-0.39, 0.29) is 5.41 Å². The van der Waals surface area contributed by atoms with Crippen LogP contribution in [0.2, 0.25) is 0 Å². The molecule has 0 bridgehead atoms. The minimum Gasteiger partial charge on any atom is -0.0768 e. The van der Waals surface area contributed by atoms with Crippen LogP contribution >= 0.6 is 0 Å². The molecule has 16 heavy (non-hydrogen) atoms. The summed E-state index contributed by atoms with van der Waals surface area (Å²) in [4.78, 5) is 0. The van der Waals surface area contributed by atoms with Crippen LogP contribution in [0, 0.1) is 19.8 Å². The van der Waals surface area contributed by atoms with Gasteiger partial charge in [-0.15, -0.1) is 0 Å². The molecular formula is C16H20. The predicted molar refractivity (Wildman–Crippen MR) is 70.7 cm³/mol. The molecule has 0 amide bonds. The van der Waals surface area contributed by atoms with Crippen LogP contribution in [0.5, 0.6) is 0 Å². The quantitative estimate of drug-likeness (QED) is 0.684. The number of benzene rings is 1. The summed E-state index contributed by atoms with van der Waals surface area (Å²) in [6, 6.07) is 6.83. The topological polar surface area (TPSA) is 0 Å². The van der Waals surface area contributed by atoms with E-state index < -0.39 is 0 Å². The molecule has 0 nitrogen and oxygen atoms in total. The Kier molecular flexibility index (Phi) is 2.75. The molecule has 0 fully saturated rings. The lowest BCUT2D eigenvalue weighted by atomic mass is 9.73. The van der Waals surface area contributed by atoms with Gasteiger partial charge in [-0.3, -0.25) is 0 Å². The molecule has 1 aromatic rings. The Bertz CT molecular complexity index is 435. The third-order valence-electron chi connectivity index (χ3n) is 3.83. The molecule has 0 N–H and O–H groups in total. The van der Waals surface area contributed by atoms with Gasteiger partial charge in [0.2, 0.25) is 0 Å². The normalized spacial score (nSPS) is 16.0. The molecule has 1 aliphatic rings. The van der Waals surface area contributed by atoms with E-state index in [0.717, 1.165) is 0 Å². The molecule has 84 valence electrons. The molecule has 0 aromatic heterocycles. The predicted octanol–water partition coefficient (Wildman–Crippen LogP) is 4.32. The summed E-state index contributed by atoms with van der Waals surface area (Å²) in [5.74, 6) is 0.523. The smallest absolute Gasteiger partial charge is 0.00445 e. The van der Waals surface area contributed by atoms with Gasteiger partial charge in [0.1, 0.15) is 0 Å². The molecule has 0 spiro atoms. The summed E-state index contributed by atoms with van der Waals surface area (Å²) >= 11 is 0. The van der Waals surface area contributed by atoms with Crippen molar-refractivity contribution in [3.05, 3.63) is 59.2 Å². The molecule has 0 heteroatoms. The van der Waals surface area contributed by atoms with E-state index in [1.54, 1.807) is 0 Å². The fraction of sp³-hybridized carbons (Fsp3) is 0.375. The molecule has 0 saturated heterocycles. The molecule has 0 aliphatic heterocycles. The third-order valence-corrected chi connectivity index (χ3v) is 3.83. The highest BCUT2D eigenvalue weighted by Crippen LogP contribution is 2.36. The largest absolute Gasteiger partial charge is 0.0768 e. The standard InChI is InChI=1S/C16H20/c1-12-9-10-15(11-13(12)2)16(3,4)14-7-5-6-8-14/h5-11,14H,1-4H3. The zero-order valence-electron chi connectivity index (χ0n) is 10.6. The van der Waals surface area contributed by atoms with Gasteiger partial charge >= 0.3 is 0 Å². The molecule has 0 heterocycles. The summed E-state index contributed by atoms with van der Waals surface area (Å²) in [7, 11) is 0. The molecule has 0 radical (unpaired) electrons. The zero-order valence-corrected chi connectivity index (χ0v) is 10.6. The van der Waals surface area contributed by atoms with Gasteiger partial charge < -0.3 is 0 Å². The average molecular weight is 212 g/mol. The first-order valence-electron chi connectivity index (χ1n) is 5.94. The summed E-state index contributed by atoms with van der Waals surface area (Å²) in [6.45, 7) is 9.00. The molecule has 0 atom stereocenters. The van der Waals surface area contributed by atoms with Gasteiger partial charge in [-0.25, -0.2) is 0 Å². The van der Waals surface area contributed by atoms with E-state index in [4.69, 9.17) is 0 Å². The lowest BCUT2D eigenvalue weighted by molar-refractivity contribution is 0.448. The maximum atomic E-state index is 2.33. The second kappa shape index (κ2) is 3.93. The second-order valence-electron chi connectivity index (χ2n) is 5.32. The van der Waals surface area contributed by atoms with Crippen LogP contribution in [-0.2, 0) is 5.41 Å². The Morgan fingerprint density at radius 3 is 2.12 bits per heavy atom. The van der Waals surface area contributed by atoms with Crippen LogP contribution in [0.3, 0.4) is 0 Å². The molecular weight excluding hydrogens is 192 g/mol. The van der Waals surface area contributed by atoms with Gasteiger partial charge in [0, 0.05) is 5.92 Å². The molecule has 2 rings (SSSR count). The number of rotatable bonds is 2. The number of aryl methyl sites for hydroxylation is 2. The first-order chi connectivity index (χ1) is 7.51. The number of hydrogen-bond acceptors (Lipinski definition) is 0. The molecule has 1 aromatic carbocycles. The van der Waals surface area contributed by atoms with Gasteiger partial charge in [-0.1, -0.05) is 56.4 Å². The Hall–Kier alpha value is -1.30. The third kappa shape index (κ3) is 1.84. The number of allylic oxidation sites excluding steroid dienone is 4. The Morgan fingerprint density at radius 1 is 0.938 bits per heavy atom. The first-order valence-corrected chi connectivity index (χ1v) is 5.94. The molecule has 0 unspecified atom stereocenters. The maximum Gasteiger partial charge on any atom is 0.00445 e. The van der Waals surface area contributed by atoms with Crippen LogP contribution in [0.15, 0.2) is 42.5 Å². The minimum atomic E-state index is 0.182. The molecule has 0 saturated carbocycles. The summed E-state index contributed by atoms with van der Waals surface area (Å²) < 4.78 is 0. The molecule has 1 aliphatic carbocycles. The van der Waals surface area contributed by atoms with Gasteiger partial charge in [0.15, 0.2) is 0 Å². The minimum absolute atomic E-state index is 0.182. The van der Waals surface area contributed by atoms with Crippen molar-refractivity contribution < 1.29 is 0 Å². The van der Waals surface area contributed by atoms with Crippen molar-refractivity contribution in [2.24, 2.45) is 5.92 Å². The van der Waals surface area contributed by atoms with E-state index in [1.807, 2.05) is 0 Å². The zero-order chi connectivity index (χ0) is 11.8. The van der Waals surface area contributed by atoms with E-state index >= 15 is 0 Å². The monoisotopic (exact) mass is 212 g/mol. The van der Waals surface area contributed by atoms with Crippen molar-refractivity contribution in [3.8, 4) is 0 Å². The van der Waals surface area contributed by atoms with Crippen molar-refractivity contribution in [2.45, 2.75) is 33.1 Å². The van der Waals surface area contributed by atoms with E-state index in [9.17, 15) is 0 Å². The van der Waals surface area contributed by atoms with Crippen LogP contribution in [0.25, 0.3) is 0 Å². The first kappa shape index (κ1) is 11.2. The lowest BCUT2D eigenvalue weighted by Gasteiger charge is -2.30. The van der Waals surface area contributed by atoms with Crippen LogP contribution < -0.4 is 0 Å². The average Bonchev–Trinajstić information content (AvgIpc) is 2.75. The van der Waals surface area contributed by atoms with E-state index in [1.165, 1.54) is 16.7 Å². The van der Waals surface area contributed by atoms with Gasteiger partial charge in [-0.2, -0.15) is 0 Å². The summed E-state index contributed by atoms with van der Waals surface area (Å²) in [5, 5.41) is 0. The maximum absolute atomic E-state index is 2.33. The van der Waals surface area contributed by atoms with Gasteiger partial charge in [0.25, 0.3) is 0 Å². The SMILES string of the molecule is Cc1ccc(C(C)(C)C2C=CC=C2)cc1C. The van der Waals surface area contributed by atoms with Crippen LogP contribution in [0.1, 0.15) is 30.5 Å². The van der Waals surface area contributed by atoms with Crippen molar-refractivity contribution >= 4 is 0 Å². The number of hydrogen-bond donors (Lipinski definition) is 0. The summed E-state index contributed by atoms with van der Waals surface area (Å²) in [5.41, 5.74) is 4.37. The highest BCUT2D eigenvalue weighted by molar-refractivity contribution is 5.37. The van der Waals surface area contributed by atoms with Crippen molar-refractivity contribution in [3.63, 3.8) is 0 Å². The fourth-order valence-corrected chi connectivity index (χ4v) is 2.25. The van der Waals surface area contributed by atoms with Crippen LogP contribution in [-0.4, -0.2) is 0 Å². The van der Waals surface area contributed by atoms with Crippen molar-refractivity contribution in [1.29, 1.82) is 0 Å². The van der Waals surface area contributed by atoms with Crippen molar-refractivity contribution in [2.75, 3.05) is 0 Å². The Labute approximate surface area is 98.7 Å². The fourth-order valence-electron chi connectivity index (χ4n) is 2.25.